The molecule has 0 saturated carbocycles. The lowest BCUT2D eigenvalue weighted by Crippen LogP contribution is -2.37. The van der Waals surface area contributed by atoms with E-state index >= 15 is 0 Å². The second kappa shape index (κ2) is 6.64. The van der Waals surface area contributed by atoms with Crippen molar-refractivity contribution in [1.29, 1.82) is 0 Å². The molecule has 2 rings (SSSR count). The van der Waals surface area contributed by atoms with Gasteiger partial charge in [-0.15, -0.1) is 0 Å². The van der Waals surface area contributed by atoms with Gasteiger partial charge in [-0.3, -0.25) is 0 Å². The minimum absolute atomic E-state index is 0.0216. The number of ether oxygens (including phenoxy) is 1. The van der Waals surface area contributed by atoms with Crippen molar-refractivity contribution in [2.24, 2.45) is 0 Å². The molecule has 0 aromatic heterocycles. The number of benzene rings is 1. The van der Waals surface area contributed by atoms with Crippen LogP contribution in [0.4, 0.5) is 5.69 Å². The van der Waals surface area contributed by atoms with Crippen molar-refractivity contribution in [3.63, 3.8) is 0 Å². The van der Waals surface area contributed by atoms with Crippen LogP contribution in [0, 0.1) is 6.92 Å². The Labute approximate surface area is 134 Å². The Morgan fingerprint density at radius 3 is 2.76 bits per heavy atom. The number of rotatable bonds is 4. The lowest BCUT2D eigenvalue weighted by atomic mass is 10.1. The van der Waals surface area contributed by atoms with E-state index in [2.05, 4.69) is 15.9 Å². The van der Waals surface area contributed by atoms with Crippen molar-refractivity contribution < 1.29 is 13.2 Å². The predicted octanol–water partition coefficient (Wildman–Crippen LogP) is 2.53. The number of aryl methyl sites for hydroxylation is 1. The summed E-state index contributed by atoms with van der Waals surface area (Å²) in [5.41, 5.74) is 6.91. The van der Waals surface area contributed by atoms with Crippen molar-refractivity contribution in [1.82, 2.24) is 4.31 Å². The molecule has 5 nitrogen and oxygen atoms in total. The first-order chi connectivity index (χ1) is 9.82. The molecule has 2 N–H and O–H groups in total. The highest BCUT2D eigenvalue weighted by molar-refractivity contribution is 9.10. The van der Waals surface area contributed by atoms with Crippen molar-refractivity contribution in [2.75, 3.05) is 25.9 Å². The summed E-state index contributed by atoms with van der Waals surface area (Å²) in [5, 5.41) is 0. The van der Waals surface area contributed by atoms with Crippen molar-refractivity contribution in [3.8, 4) is 0 Å². The topological polar surface area (TPSA) is 72.6 Å². The highest BCUT2D eigenvalue weighted by Crippen LogP contribution is 2.28. The van der Waals surface area contributed by atoms with E-state index in [1.807, 2.05) is 0 Å². The van der Waals surface area contributed by atoms with Crippen LogP contribution in [0.15, 0.2) is 21.5 Å². The second-order valence-electron chi connectivity index (χ2n) is 5.41. The highest BCUT2D eigenvalue weighted by atomic mass is 79.9. The molecule has 1 aromatic rings. The standard InChI is InChI=1S/C14H21BrN2O3S/c1-10-7-12(15)13(16)8-14(10)21(18,19)17(2)9-11-5-3-4-6-20-11/h7-8,11H,3-6,9,16H2,1-2H3. The molecular weight excluding hydrogens is 356 g/mol. The Morgan fingerprint density at radius 2 is 2.14 bits per heavy atom. The molecule has 1 aromatic carbocycles. The molecule has 118 valence electrons. The van der Waals surface area contributed by atoms with E-state index in [-0.39, 0.29) is 11.0 Å². The van der Waals surface area contributed by atoms with E-state index in [4.69, 9.17) is 10.5 Å². The predicted molar refractivity (Wildman–Crippen MR) is 86.7 cm³/mol. The fourth-order valence-corrected chi connectivity index (χ4v) is 4.35. The number of nitrogens with zero attached hydrogens (tertiary/aromatic N) is 1. The van der Waals surface area contributed by atoms with Gasteiger partial charge in [0.1, 0.15) is 0 Å². The Morgan fingerprint density at radius 1 is 1.43 bits per heavy atom. The van der Waals surface area contributed by atoms with E-state index < -0.39 is 10.0 Å². The van der Waals surface area contributed by atoms with Crippen LogP contribution < -0.4 is 5.73 Å². The molecule has 0 radical (unpaired) electrons. The third-order valence-corrected chi connectivity index (χ3v) is 6.37. The minimum Gasteiger partial charge on any atom is -0.398 e. The van der Waals surface area contributed by atoms with Gasteiger partial charge in [-0.25, -0.2) is 8.42 Å². The van der Waals surface area contributed by atoms with Crippen LogP contribution >= 0.6 is 15.9 Å². The average Bonchev–Trinajstić information content (AvgIpc) is 2.43. The van der Waals surface area contributed by atoms with Crippen LogP contribution in [0.5, 0.6) is 0 Å². The van der Waals surface area contributed by atoms with Crippen LogP contribution in [0.1, 0.15) is 24.8 Å². The maximum absolute atomic E-state index is 12.7. The number of likely N-dealkylation sites (N-methyl/N-ethyl adjacent to an activating group) is 1. The van der Waals surface area contributed by atoms with Crippen LogP contribution in [0.2, 0.25) is 0 Å². The smallest absolute Gasteiger partial charge is 0.243 e. The van der Waals surface area contributed by atoms with E-state index in [0.717, 1.165) is 19.3 Å². The van der Waals surface area contributed by atoms with E-state index in [1.165, 1.54) is 10.4 Å². The summed E-state index contributed by atoms with van der Waals surface area (Å²) in [6.07, 6.45) is 3.02. The normalized spacial score (nSPS) is 19.9. The molecule has 1 fully saturated rings. The molecule has 1 aliphatic rings. The van der Waals surface area contributed by atoms with E-state index in [0.29, 0.717) is 28.9 Å². The summed E-state index contributed by atoms with van der Waals surface area (Å²) in [7, 11) is -1.97. The number of hydrogen-bond donors (Lipinski definition) is 1. The molecule has 1 saturated heterocycles. The van der Waals surface area contributed by atoms with Crippen LogP contribution in [-0.4, -0.2) is 39.0 Å². The summed E-state index contributed by atoms with van der Waals surface area (Å²) < 4.78 is 33.1. The quantitative estimate of drug-likeness (QED) is 0.819. The number of anilines is 1. The molecule has 21 heavy (non-hydrogen) atoms. The summed E-state index contributed by atoms with van der Waals surface area (Å²) in [4.78, 5) is 0.251. The van der Waals surface area contributed by atoms with Gasteiger partial charge in [0.05, 0.1) is 11.0 Å². The van der Waals surface area contributed by atoms with Crippen LogP contribution in [0.25, 0.3) is 0 Å². The second-order valence-corrected chi connectivity index (χ2v) is 8.28. The summed E-state index contributed by atoms with van der Waals surface area (Å²) in [6.45, 7) is 2.85. The third kappa shape index (κ3) is 3.77. The lowest BCUT2D eigenvalue weighted by Gasteiger charge is -2.27. The van der Waals surface area contributed by atoms with Crippen LogP contribution in [0.3, 0.4) is 0 Å². The maximum atomic E-state index is 12.7. The van der Waals surface area contributed by atoms with Crippen molar-refractivity contribution in [2.45, 2.75) is 37.2 Å². The first kappa shape index (κ1) is 16.7. The van der Waals surface area contributed by atoms with Gasteiger partial charge in [0, 0.05) is 30.4 Å². The Balaban J connectivity index is 2.22. The van der Waals surface area contributed by atoms with E-state index in [1.54, 1.807) is 20.0 Å². The minimum atomic E-state index is -3.56. The van der Waals surface area contributed by atoms with Crippen molar-refractivity contribution >= 4 is 31.6 Å². The summed E-state index contributed by atoms with van der Waals surface area (Å²) in [5.74, 6) is 0. The molecular formula is C14H21BrN2O3S. The van der Waals surface area contributed by atoms with Gasteiger partial charge in [0.15, 0.2) is 0 Å². The van der Waals surface area contributed by atoms with Gasteiger partial charge in [0.2, 0.25) is 10.0 Å². The van der Waals surface area contributed by atoms with Crippen LogP contribution in [-0.2, 0) is 14.8 Å². The van der Waals surface area contributed by atoms with Gasteiger partial charge in [-0.1, -0.05) is 0 Å². The fraction of sp³-hybridized carbons (Fsp3) is 0.571. The fourth-order valence-electron chi connectivity index (χ4n) is 2.45. The Hall–Kier alpha value is -0.630. The van der Waals surface area contributed by atoms with Gasteiger partial charge in [-0.2, -0.15) is 4.31 Å². The lowest BCUT2D eigenvalue weighted by molar-refractivity contribution is 0.00858. The molecule has 0 amide bonds. The number of sulfonamides is 1. The number of nitrogens with two attached hydrogens (primary N) is 1. The SMILES string of the molecule is Cc1cc(Br)c(N)cc1S(=O)(=O)N(C)CC1CCCCO1. The molecule has 1 unspecified atom stereocenters. The number of halogens is 1. The zero-order valence-corrected chi connectivity index (χ0v) is 14.7. The summed E-state index contributed by atoms with van der Waals surface area (Å²) in [6, 6.07) is 3.24. The molecule has 1 atom stereocenters. The third-order valence-electron chi connectivity index (χ3n) is 3.72. The Bertz CT molecular complexity index is 613. The molecule has 0 bridgehead atoms. The molecule has 1 aliphatic heterocycles. The number of nitrogen functional groups attached to an aromatic ring is 1. The zero-order valence-electron chi connectivity index (χ0n) is 12.3. The number of hydrogen-bond acceptors (Lipinski definition) is 4. The van der Waals surface area contributed by atoms with Gasteiger partial charge < -0.3 is 10.5 Å². The molecule has 0 aliphatic carbocycles. The zero-order chi connectivity index (χ0) is 15.6. The first-order valence-electron chi connectivity index (χ1n) is 6.96. The maximum Gasteiger partial charge on any atom is 0.243 e. The first-order valence-corrected chi connectivity index (χ1v) is 9.19. The average molecular weight is 377 g/mol. The van der Waals surface area contributed by atoms with Gasteiger partial charge in [-0.05, 0) is 59.8 Å². The van der Waals surface area contributed by atoms with Gasteiger partial charge >= 0.3 is 0 Å². The van der Waals surface area contributed by atoms with E-state index in [9.17, 15) is 8.42 Å². The molecule has 1 heterocycles. The summed E-state index contributed by atoms with van der Waals surface area (Å²) >= 11 is 3.31. The molecule has 0 spiro atoms. The Kier molecular flexibility index (Phi) is 5.29. The largest absolute Gasteiger partial charge is 0.398 e. The van der Waals surface area contributed by atoms with Crippen molar-refractivity contribution in [3.05, 3.63) is 22.2 Å². The highest BCUT2D eigenvalue weighted by Gasteiger charge is 2.27. The monoisotopic (exact) mass is 376 g/mol. The van der Waals surface area contributed by atoms with Gasteiger partial charge in [0.25, 0.3) is 0 Å². The molecule has 7 heteroatoms.